The summed E-state index contributed by atoms with van der Waals surface area (Å²) < 4.78 is 0. The van der Waals surface area contributed by atoms with Crippen molar-refractivity contribution in [3.8, 4) is 0 Å². The van der Waals surface area contributed by atoms with E-state index >= 15 is 0 Å². The number of carbonyl (C=O) groups excluding carboxylic acids is 2. The molecule has 0 fully saturated rings. The van der Waals surface area contributed by atoms with E-state index in [0.29, 0.717) is 19.4 Å². The number of hydrogen-bond donors (Lipinski definition) is 1. The topological polar surface area (TPSA) is 46.2 Å². The van der Waals surface area contributed by atoms with Crippen molar-refractivity contribution >= 4 is 11.7 Å². The van der Waals surface area contributed by atoms with Crippen LogP contribution in [0.1, 0.15) is 60.8 Å². The third kappa shape index (κ3) is 8.90. The first-order valence-electron chi connectivity index (χ1n) is 6.32. The normalized spacial score (nSPS) is 12.4. The molecule has 0 aromatic rings. The Morgan fingerprint density at radius 1 is 1.00 bits per heavy atom. The van der Waals surface area contributed by atoms with Crippen molar-refractivity contribution in [2.24, 2.45) is 10.8 Å². The second-order valence-corrected chi connectivity index (χ2v) is 6.86. The smallest absolute Gasteiger partial charge is 0.220 e. The zero-order valence-corrected chi connectivity index (χ0v) is 12.1. The second kappa shape index (κ2) is 6.18. The van der Waals surface area contributed by atoms with Gasteiger partial charge in [-0.05, 0) is 11.8 Å². The van der Waals surface area contributed by atoms with Crippen molar-refractivity contribution < 1.29 is 9.59 Å². The minimum atomic E-state index is -0.268. The molecule has 0 aromatic heterocycles. The second-order valence-electron chi connectivity index (χ2n) is 6.86. The van der Waals surface area contributed by atoms with Gasteiger partial charge in [0.15, 0.2) is 0 Å². The van der Waals surface area contributed by atoms with Crippen LogP contribution in [0.3, 0.4) is 0 Å². The van der Waals surface area contributed by atoms with Crippen LogP contribution in [0.4, 0.5) is 0 Å². The van der Waals surface area contributed by atoms with Gasteiger partial charge in [-0.2, -0.15) is 0 Å². The Bertz CT molecular complexity index is 269. The summed E-state index contributed by atoms with van der Waals surface area (Å²) in [7, 11) is 0. The molecular weight excluding hydrogens is 214 g/mol. The van der Waals surface area contributed by atoms with E-state index in [1.165, 1.54) is 0 Å². The first-order valence-corrected chi connectivity index (χ1v) is 6.32. The fraction of sp³-hybridized carbons (Fsp3) is 0.857. The van der Waals surface area contributed by atoms with Crippen molar-refractivity contribution in [2.75, 3.05) is 6.54 Å². The van der Waals surface area contributed by atoms with E-state index in [2.05, 4.69) is 5.32 Å². The number of carbonyl (C=O) groups is 2. The van der Waals surface area contributed by atoms with Gasteiger partial charge in [0.1, 0.15) is 5.78 Å². The molecule has 0 bridgehead atoms. The van der Waals surface area contributed by atoms with Gasteiger partial charge in [0.05, 0.1) is 0 Å². The molecule has 17 heavy (non-hydrogen) atoms. The summed E-state index contributed by atoms with van der Waals surface area (Å²) in [6.07, 6.45) is 1.80. The molecular formula is C14H27NO2. The first kappa shape index (κ1) is 16.1. The lowest BCUT2D eigenvalue weighted by Crippen LogP contribution is -2.29. The number of amides is 1. The number of hydrogen-bond acceptors (Lipinski definition) is 2. The molecule has 1 amide bonds. The molecule has 1 N–H and O–H groups in total. The van der Waals surface area contributed by atoms with Crippen molar-refractivity contribution in [1.82, 2.24) is 5.32 Å². The highest BCUT2D eigenvalue weighted by molar-refractivity contribution is 5.83. The highest BCUT2D eigenvalue weighted by Crippen LogP contribution is 2.18. The Balaban J connectivity index is 3.73. The Morgan fingerprint density at radius 3 is 1.94 bits per heavy atom. The Morgan fingerprint density at radius 2 is 1.53 bits per heavy atom. The molecule has 0 radical (unpaired) electrons. The van der Waals surface area contributed by atoms with Gasteiger partial charge in [0.25, 0.3) is 0 Å². The molecule has 0 aliphatic carbocycles. The molecule has 0 saturated heterocycles. The molecule has 0 spiro atoms. The average molecular weight is 241 g/mol. The molecule has 0 aromatic carbocycles. The summed E-state index contributed by atoms with van der Waals surface area (Å²) in [6.45, 7) is 12.5. The summed E-state index contributed by atoms with van der Waals surface area (Å²) in [5, 5.41) is 2.85. The van der Waals surface area contributed by atoms with Gasteiger partial charge in [-0.1, -0.05) is 41.5 Å². The van der Waals surface area contributed by atoms with E-state index < -0.39 is 0 Å². The molecule has 0 heterocycles. The van der Waals surface area contributed by atoms with Crippen LogP contribution < -0.4 is 5.32 Å². The van der Waals surface area contributed by atoms with Crippen LogP contribution in [-0.4, -0.2) is 18.2 Å². The fourth-order valence-corrected chi connectivity index (χ4v) is 1.40. The van der Waals surface area contributed by atoms with Crippen LogP contribution in [0.5, 0.6) is 0 Å². The van der Waals surface area contributed by atoms with Crippen LogP contribution >= 0.6 is 0 Å². The third-order valence-corrected chi connectivity index (χ3v) is 2.43. The molecule has 0 aliphatic heterocycles. The highest BCUT2D eigenvalue weighted by Gasteiger charge is 2.20. The van der Waals surface area contributed by atoms with Gasteiger partial charge in [0.2, 0.25) is 5.91 Å². The van der Waals surface area contributed by atoms with Crippen LogP contribution in [0.25, 0.3) is 0 Å². The molecule has 3 heteroatoms. The quantitative estimate of drug-likeness (QED) is 0.752. The highest BCUT2D eigenvalue weighted by atomic mass is 16.1. The van der Waals surface area contributed by atoms with Gasteiger partial charge >= 0.3 is 0 Å². The SMILES string of the molecule is CC(C)(C)CC(=O)NCCCC(=O)C(C)(C)C. The Hall–Kier alpha value is -0.860. The van der Waals surface area contributed by atoms with Crippen LogP contribution in [0.2, 0.25) is 0 Å². The molecule has 0 aliphatic rings. The monoisotopic (exact) mass is 241 g/mol. The average Bonchev–Trinajstić information content (AvgIpc) is 2.07. The van der Waals surface area contributed by atoms with Crippen molar-refractivity contribution in [3.05, 3.63) is 0 Å². The summed E-state index contributed by atoms with van der Waals surface area (Å²) in [5.74, 6) is 0.322. The van der Waals surface area contributed by atoms with Gasteiger partial charge in [0, 0.05) is 24.8 Å². The summed E-state index contributed by atoms with van der Waals surface area (Å²) in [6, 6.07) is 0. The van der Waals surface area contributed by atoms with E-state index in [-0.39, 0.29) is 22.5 Å². The molecule has 0 atom stereocenters. The van der Waals surface area contributed by atoms with Crippen LogP contribution in [0.15, 0.2) is 0 Å². The Kier molecular flexibility index (Phi) is 5.86. The molecule has 100 valence electrons. The van der Waals surface area contributed by atoms with Crippen molar-refractivity contribution in [3.63, 3.8) is 0 Å². The first-order chi connectivity index (χ1) is 7.52. The predicted octanol–water partition coefficient (Wildman–Crippen LogP) is 2.93. The molecule has 0 unspecified atom stereocenters. The lowest BCUT2D eigenvalue weighted by atomic mass is 9.88. The lowest BCUT2D eigenvalue weighted by molar-refractivity contribution is -0.127. The van der Waals surface area contributed by atoms with Gasteiger partial charge in [-0.15, -0.1) is 0 Å². The van der Waals surface area contributed by atoms with E-state index in [4.69, 9.17) is 0 Å². The van der Waals surface area contributed by atoms with E-state index in [1.807, 2.05) is 41.5 Å². The van der Waals surface area contributed by atoms with Crippen molar-refractivity contribution in [1.29, 1.82) is 0 Å². The lowest BCUT2D eigenvalue weighted by Gasteiger charge is -2.18. The number of nitrogens with one attached hydrogen (secondary N) is 1. The summed E-state index contributed by atoms with van der Waals surface area (Å²) in [5.41, 5.74) is -0.249. The van der Waals surface area contributed by atoms with E-state index in [9.17, 15) is 9.59 Å². The van der Waals surface area contributed by atoms with Gasteiger partial charge < -0.3 is 5.32 Å². The van der Waals surface area contributed by atoms with Crippen molar-refractivity contribution in [2.45, 2.75) is 60.8 Å². The van der Waals surface area contributed by atoms with Gasteiger partial charge in [-0.25, -0.2) is 0 Å². The predicted molar refractivity (Wildman–Crippen MR) is 70.8 cm³/mol. The summed E-state index contributed by atoms with van der Waals surface area (Å²) >= 11 is 0. The maximum atomic E-state index is 11.6. The largest absolute Gasteiger partial charge is 0.356 e. The molecule has 3 nitrogen and oxygen atoms in total. The Labute approximate surface area is 105 Å². The number of Topliss-reactive ketones (excluding diaryl/α,β-unsaturated/α-hetero) is 1. The van der Waals surface area contributed by atoms with Crippen LogP contribution in [0, 0.1) is 10.8 Å². The maximum absolute atomic E-state index is 11.6. The minimum absolute atomic E-state index is 0.0192. The third-order valence-electron chi connectivity index (χ3n) is 2.43. The number of ketones is 1. The zero-order chi connectivity index (χ0) is 13.7. The molecule has 0 rings (SSSR count). The number of rotatable bonds is 5. The maximum Gasteiger partial charge on any atom is 0.220 e. The summed E-state index contributed by atoms with van der Waals surface area (Å²) in [4.78, 5) is 23.1. The van der Waals surface area contributed by atoms with E-state index in [1.54, 1.807) is 0 Å². The minimum Gasteiger partial charge on any atom is -0.356 e. The molecule has 0 saturated carbocycles. The standard InChI is InChI=1S/C14H27NO2/c1-13(2,3)10-12(17)15-9-7-8-11(16)14(4,5)6/h7-10H2,1-6H3,(H,15,17). The van der Waals surface area contributed by atoms with Gasteiger partial charge in [-0.3, -0.25) is 9.59 Å². The van der Waals surface area contributed by atoms with Crippen LogP contribution in [-0.2, 0) is 9.59 Å². The zero-order valence-electron chi connectivity index (χ0n) is 12.1. The fourth-order valence-electron chi connectivity index (χ4n) is 1.40. The van der Waals surface area contributed by atoms with E-state index in [0.717, 1.165) is 6.42 Å².